The van der Waals surface area contributed by atoms with Gasteiger partial charge in [0.25, 0.3) is 11.9 Å². The number of alkyl halides is 5. The summed E-state index contributed by atoms with van der Waals surface area (Å²) in [6, 6.07) is 13.7. The summed E-state index contributed by atoms with van der Waals surface area (Å²) in [5, 5.41) is 25.8. The van der Waals surface area contributed by atoms with Crippen LogP contribution in [-0.4, -0.2) is 26.6 Å². The first-order chi connectivity index (χ1) is 18.3. The van der Waals surface area contributed by atoms with E-state index in [0.29, 0.717) is 11.1 Å². The molecule has 39 heavy (non-hydrogen) atoms. The van der Waals surface area contributed by atoms with Gasteiger partial charge in [-0.25, -0.2) is 13.5 Å². The molecule has 8 nitrogen and oxygen atoms in total. The smallest absolute Gasteiger partial charge is 0.292 e. The molecule has 1 aromatic heterocycles. The number of benzene rings is 2. The lowest BCUT2D eigenvalue weighted by Crippen LogP contribution is -2.31. The van der Waals surface area contributed by atoms with E-state index in [-0.39, 0.29) is 28.9 Å². The number of aromatic nitrogens is 3. The van der Waals surface area contributed by atoms with Crippen LogP contribution in [0.2, 0.25) is 0 Å². The Morgan fingerprint density at radius 1 is 1.13 bits per heavy atom. The Kier molecular flexibility index (Phi) is 5.72. The Balaban J connectivity index is 1.67. The second kappa shape index (κ2) is 8.63. The van der Waals surface area contributed by atoms with Gasteiger partial charge in [-0.3, -0.25) is 15.0 Å². The van der Waals surface area contributed by atoms with Crippen LogP contribution in [0.4, 0.5) is 39.5 Å². The minimum absolute atomic E-state index is 0.0144. The van der Waals surface area contributed by atoms with Gasteiger partial charge in [0.1, 0.15) is 11.5 Å². The third-order valence-electron chi connectivity index (χ3n) is 6.95. The molecule has 1 N–H and O–H groups in total. The van der Waals surface area contributed by atoms with Crippen LogP contribution < -0.4 is 10.2 Å². The number of halogens is 5. The van der Waals surface area contributed by atoms with Crippen LogP contribution in [0, 0.1) is 28.1 Å². The van der Waals surface area contributed by atoms with E-state index in [1.54, 1.807) is 12.1 Å². The van der Waals surface area contributed by atoms with Gasteiger partial charge >= 0.3 is 6.18 Å². The number of nitriles is 2. The van der Waals surface area contributed by atoms with Gasteiger partial charge in [0.05, 0.1) is 28.8 Å². The van der Waals surface area contributed by atoms with Crippen molar-refractivity contribution in [2.45, 2.75) is 38.4 Å². The lowest BCUT2D eigenvalue weighted by atomic mass is 9.95. The predicted octanol–water partition coefficient (Wildman–Crippen LogP) is 5.69. The standard InChI is InChI=1S/C26H18F5N7O/c1-14-19(12-33)20(16-8-6-15(11-32)7-9-16)38-23(37(14)18-5-3-4-17(10-18)26(29,30)31)35-22(36-38)34-21(39)24(2)13-25(24,27)28/h3-10,20H,13H2,1-2H3,(H,34,36,39)/t20-,24?/m1/s1. The SMILES string of the molecule is CC1=C(C#N)[C@@H](c2ccc(C#N)cc2)n2nc(NC(=O)C3(C)CC3(F)F)nc2N1c1cccc(C(F)(F)F)c1. The molecule has 0 bridgehead atoms. The van der Waals surface area contributed by atoms with Crippen LogP contribution in [0.25, 0.3) is 0 Å². The van der Waals surface area contributed by atoms with Crippen molar-refractivity contribution in [3.8, 4) is 12.1 Å². The molecule has 2 aromatic carbocycles. The lowest BCUT2D eigenvalue weighted by molar-refractivity contribution is -0.137. The highest BCUT2D eigenvalue weighted by Crippen LogP contribution is 2.60. The summed E-state index contributed by atoms with van der Waals surface area (Å²) in [4.78, 5) is 18.2. The predicted molar refractivity (Wildman–Crippen MR) is 128 cm³/mol. The van der Waals surface area contributed by atoms with E-state index in [4.69, 9.17) is 5.26 Å². The Morgan fingerprint density at radius 2 is 1.79 bits per heavy atom. The summed E-state index contributed by atoms with van der Waals surface area (Å²) in [6.45, 7) is 2.63. The monoisotopic (exact) mass is 539 g/mol. The van der Waals surface area contributed by atoms with Crippen LogP contribution in [0.3, 0.4) is 0 Å². The number of carbonyl (C=O) groups excluding carboxylic acids is 1. The lowest BCUT2D eigenvalue weighted by Gasteiger charge is -2.34. The molecule has 3 aromatic rings. The Morgan fingerprint density at radius 3 is 2.36 bits per heavy atom. The number of allylic oxidation sites excluding steroid dienone is 2. The molecule has 1 aliphatic heterocycles. The molecule has 1 unspecified atom stereocenters. The fraction of sp³-hybridized carbons (Fsp3) is 0.269. The van der Waals surface area contributed by atoms with Crippen LogP contribution in [0.5, 0.6) is 0 Å². The number of amides is 1. The zero-order valence-electron chi connectivity index (χ0n) is 20.4. The van der Waals surface area contributed by atoms with E-state index >= 15 is 0 Å². The Hall–Kier alpha value is -4.78. The molecular weight excluding hydrogens is 521 g/mol. The fourth-order valence-corrected chi connectivity index (χ4v) is 4.49. The van der Waals surface area contributed by atoms with Gasteiger partial charge in [0.15, 0.2) is 0 Å². The van der Waals surface area contributed by atoms with Crippen LogP contribution in [0.15, 0.2) is 59.8 Å². The fourth-order valence-electron chi connectivity index (χ4n) is 4.49. The number of nitrogens with one attached hydrogen (secondary N) is 1. The second-order valence-corrected chi connectivity index (χ2v) is 9.48. The first-order valence-corrected chi connectivity index (χ1v) is 11.5. The van der Waals surface area contributed by atoms with Gasteiger partial charge in [-0.2, -0.15) is 28.7 Å². The molecule has 2 atom stereocenters. The van der Waals surface area contributed by atoms with Gasteiger partial charge in [0.2, 0.25) is 11.9 Å². The molecule has 1 aliphatic carbocycles. The van der Waals surface area contributed by atoms with Crippen molar-refractivity contribution >= 4 is 23.5 Å². The van der Waals surface area contributed by atoms with Crippen molar-refractivity contribution in [2.75, 3.05) is 10.2 Å². The number of anilines is 3. The molecule has 0 spiro atoms. The van der Waals surface area contributed by atoms with E-state index in [0.717, 1.165) is 19.1 Å². The summed E-state index contributed by atoms with van der Waals surface area (Å²) >= 11 is 0. The topological polar surface area (TPSA) is 111 Å². The number of hydrogen-bond acceptors (Lipinski definition) is 6. The average Bonchev–Trinajstić information content (AvgIpc) is 3.19. The average molecular weight is 539 g/mol. The zero-order valence-corrected chi connectivity index (χ0v) is 20.4. The molecule has 1 saturated carbocycles. The van der Waals surface area contributed by atoms with Gasteiger partial charge in [-0.1, -0.05) is 18.2 Å². The molecular formula is C26H18F5N7O. The van der Waals surface area contributed by atoms with E-state index in [9.17, 15) is 32.0 Å². The van der Waals surface area contributed by atoms with Crippen LogP contribution in [-0.2, 0) is 11.0 Å². The first-order valence-electron chi connectivity index (χ1n) is 11.5. The minimum Gasteiger partial charge on any atom is -0.292 e. The third-order valence-corrected chi connectivity index (χ3v) is 6.95. The van der Waals surface area contributed by atoms with E-state index < -0.39 is 41.4 Å². The summed E-state index contributed by atoms with van der Waals surface area (Å²) in [5.74, 6) is -4.62. The van der Waals surface area contributed by atoms with Crippen molar-refractivity contribution in [1.82, 2.24) is 14.8 Å². The normalized spacial score (nSPS) is 21.6. The summed E-state index contributed by atoms with van der Waals surface area (Å²) in [7, 11) is 0. The molecule has 0 saturated heterocycles. The highest BCUT2D eigenvalue weighted by Gasteiger charge is 2.72. The van der Waals surface area contributed by atoms with Gasteiger partial charge in [-0.05, 0) is 49.7 Å². The maximum atomic E-state index is 13.8. The highest BCUT2D eigenvalue weighted by atomic mass is 19.4. The highest BCUT2D eigenvalue weighted by molar-refractivity contribution is 5.97. The third kappa shape index (κ3) is 4.16. The van der Waals surface area contributed by atoms with Crippen molar-refractivity contribution < 1.29 is 26.7 Å². The van der Waals surface area contributed by atoms with E-state index in [1.165, 1.54) is 40.8 Å². The van der Waals surface area contributed by atoms with Crippen molar-refractivity contribution in [3.63, 3.8) is 0 Å². The van der Waals surface area contributed by atoms with Crippen molar-refractivity contribution in [2.24, 2.45) is 5.41 Å². The summed E-state index contributed by atoms with van der Waals surface area (Å²) < 4.78 is 69.3. The van der Waals surface area contributed by atoms with Crippen molar-refractivity contribution in [3.05, 3.63) is 76.5 Å². The van der Waals surface area contributed by atoms with Crippen LogP contribution >= 0.6 is 0 Å². The molecule has 1 amide bonds. The quantitative estimate of drug-likeness (QED) is 0.427. The number of fused-ring (bicyclic) bond motifs is 1. The molecule has 5 rings (SSSR count). The second-order valence-electron chi connectivity index (χ2n) is 9.48. The largest absolute Gasteiger partial charge is 0.416 e. The number of nitrogens with zero attached hydrogens (tertiary/aromatic N) is 6. The van der Waals surface area contributed by atoms with Gasteiger partial charge in [0, 0.05) is 17.8 Å². The minimum atomic E-state index is -4.65. The number of hydrogen-bond donors (Lipinski definition) is 1. The number of carbonyl (C=O) groups is 1. The Bertz CT molecular complexity index is 1610. The molecule has 198 valence electrons. The molecule has 1 fully saturated rings. The zero-order chi connectivity index (χ0) is 28.3. The molecule has 2 aliphatic rings. The van der Waals surface area contributed by atoms with Crippen molar-refractivity contribution in [1.29, 1.82) is 10.5 Å². The van der Waals surface area contributed by atoms with E-state index in [2.05, 4.69) is 21.5 Å². The molecule has 13 heteroatoms. The summed E-state index contributed by atoms with van der Waals surface area (Å²) in [6.07, 6.45) is -5.30. The maximum Gasteiger partial charge on any atom is 0.416 e. The summed E-state index contributed by atoms with van der Waals surface area (Å²) in [5.41, 5.74) is -1.68. The van der Waals surface area contributed by atoms with E-state index in [1.807, 2.05) is 6.07 Å². The first kappa shape index (κ1) is 25.9. The molecule has 0 radical (unpaired) electrons. The number of rotatable bonds is 4. The van der Waals surface area contributed by atoms with Gasteiger partial charge in [-0.15, -0.1) is 5.10 Å². The van der Waals surface area contributed by atoms with Gasteiger partial charge < -0.3 is 0 Å². The Labute approximate surface area is 218 Å². The van der Waals surface area contributed by atoms with Crippen LogP contribution in [0.1, 0.15) is 43.0 Å². The molecule has 2 heterocycles. The maximum absolute atomic E-state index is 13.8.